The van der Waals surface area contributed by atoms with Crippen LogP contribution in [-0.4, -0.2) is 0 Å². The van der Waals surface area contributed by atoms with E-state index in [9.17, 15) is 0 Å². The molecule has 0 aliphatic heterocycles. The van der Waals surface area contributed by atoms with E-state index in [4.69, 9.17) is 0 Å². The van der Waals surface area contributed by atoms with Crippen LogP contribution in [0.4, 0.5) is 0 Å². The molecular formula is C11H17P. The lowest BCUT2D eigenvalue weighted by Crippen LogP contribution is -2.05. The second kappa shape index (κ2) is 4.05. The molecule has 12 heavy (non-hydrogen) atoms. The molecule has 0 saturated carbocycles. The van der Waals surface area contributed by atoms with Gasteiger partial charge in [0.1, 0.15) is 0 Å². The van der Waals surface area contributed by atoms with E-state index in [1.807, 2.05) is 0 Å². The topological polar surface area (TPSA) is 0 Å². The minimum atomic E-state index is 0.742. The van der Waals surface area contributed by atoms with Crippen LogP contribution in [0, 0.1) is 12.8 Å². The highest BCUT2D eigenvalue weighted by Gasteiger charge is 2.01. The summed E-state index contributed by atoms with van der Waals surface area (Å²) in [5.41, 5.74) is 2.83. The largest absolute Gasteiger partial charge is 0.105 e. The summed E-state index contributed by atoms with van der Waals surface area (Å²) in [5.74, 6) is 0.742. The lowest BCUT2D eigenvalue weighted by Gasteiger charge is -2.08. The minimum Gasteiger partial charge on any atom is -0.105 e. The molecule has 1 unspecified atom stereocenters. The first kappa shape index (κ1) is 9.74. The summed E-state index contributed by atoms with van der Waals surface area (Å²) in [5, 5.41) is 1.34. The van der Waals surface area contributed by atoms with Crippen LogP contribution in [0.5, 0.6) is 0 Å². The SMILES string of the molecule is Cc1ccc(P)c(CC(C)C)c1. The predicted octanol–water partition coefficient (Wildman–Crippen LogP) is 2.69. The van der Waals surface area contributed by atoms with E-state index in [0.717, 1.165) is 5.92 Å². The van der Waals surface area contributed by atoms with Gasteiger partial charge in [0.05, 0.1) is 0 Å². The predicted molar refractivity (Wildman–Crippen MR) is 59.1 cm³/mol. The van der Waals surface area contributed by atoms with Crippen LogP contribution in [0.2, 0.25) is 0 Å². The molecule has 1 aromatic rings. The second-order valence-electron chi connectivity index (χ2n) is 3.80. The van der Waals surface area contributed by atoms with Crippen molar-refractivity contribution >= 4 is 14.5 Å². The van der Waals surface area contributed by atoms with Crippen molar-refractivity contribution in [2.24, 2.45) is 5.92 Å². The van der Waals surface area contributed by atoms with Crippen molar-refractivity contribution in [2.75, 3.05) is 0 Å². The lowest BCUT2D eigenvalue weighted by molar-refractivity contribution is 0.649. The fourth-order valence-electron chi connectivity index (χ4n) is 1.35. The standard InChI is InChI=1S/C11H17P/c1-8(2)6-10-7-9(3)4-5-11(10)12/h4-5,7-8H,6,12H2,1-3H3. The Morgan fingerprint density at radius 1 is 1.33 bits per heavy atom. The molecule has 0 bridgehead atoms. The van der Waals surface area contributed by atoms with Gasteiger partial charge < -0.3 is 0 Å². The van der Waals surface area contributed by atoms with Crippen LogP contribution in [0.3, 0.4) is 0 Å². The molecule has 0 N–H and O–H groups in total. The molecule has 0 amide bonds. The van der Waals surface area contributed by atoms with Crippen LogP contribution < -0.4 is 5.30 Å². The average molecular weight is 180 g/mol. The van der Waals surface area contributed by atoms with Gasteiger partial charge in [-0.1, -0.05) is 37.6 Å². The van der Waals surface area contributed by atoms with Crippen LogP contribution in [0.1, 0.15) is 25.0 Å². The molecule has 0 saturated heterocycles. The highest BCUT2D eigenvalue weighted by Crippen LogP contribution is 2.10. The van der Waals surface area contributed by atoms with E-state index >= 15 is 0 Å². The molecular weight excluding hydrogens is 163 g/mol. The summed E-state index contributed by atoms with van der Waals surface area (Å²) in [6.45, 7) is 6.66. The van der Waals surface area contributed by atoms with Gasteiger partial charge in [-0.3, -0.25) is 0 Å². The van der Waals surface area contributed by atoms with E-state index in [1.165, 1.54) is 22.9 Å². The quantitative estimate of drug-likeness (QED) is 0.614. The highest BCUT2D eigenvalue weighted by atomic mass is 31.0. The molecule has 0 aliphatic rings. The lowest BCUT2D eigenvalue weighted by atomic mass is 10.0. The number of benzene rings is 1. The van der Waals surface area contributed by atoms with Gasteiger partial charge >= 0.3 is 0 Å². The average Bonchev–Trinajstić information content (AvgIpc) is 1.96. The van der Waals surface area contributed by atoms with Gasteiger partial charge in [-0.25, -0.2) is 0 Å². The Kier molecular flexibility index (Phi) is 3.29. The molecule has 0 spiro atoms. The second-order valence-corrected chi connectivity index (χ2v) is 4.42. The van der Waals surface area contributed by atoms with Gasteiger partial charge in [0, 0.05) is 0 Å². The summed E-state index contributed by atoms with van der Waals surface area (Å²) in [7, 11) is 2.80. The molecule has 1 heteroatoms. The van der Waals surface area contributed by atoms with E-state index in [2.05, 4.69) is 48.2 Å². The first-order chi connectivity index (χ1) is 5.59. The smallest absolute Gasteiger partial charge is 0.0249 e. The van der Waals surface area contributed by atoms with Crippen molar-refractivity contribution < 1.29 is 0 Å². The molecule has 66 valence electrons. The van der Waals surface area contributed by atoms with Crippen molar-refractivity contribution in [3.8, 4) is 0 Å². The third-order valence-corrected chi connectivity index (χ3v) is 2.49. The Hall–Kier alpha value is -0.350. The summed E-state index contributed by atoms with van der Waals surface area (Å²) >= 11 is 0. The van der Waals surface area contributed by atoms with Gasteiger partial charge in [-0.05, 0) is 30.1 Å². The van der Waals surface area contributed by atoms with E-state index < -0.39 is 0 Å². The fraction of sp³-hybridized carbons (Fsp3) is 0.455. The Balaban J connectivity index is 2.90. The Bertz CT molecular complexity index is 264. The maximum absolute atomic E-state index is 2.80. The Labute approximate surface area is 77.6 Å². The number of aryl methyl sites for hydroxylation is 1. The van der Waals surface area contributed by atoms with Crippen LogP contribution in [0.15, 0.2) is 18.2 Å². The zero-order valence-corrected chi connectivity index (χ0v) is 9.25. The maximum Gasteiger partial charge on any atom is -0.0249 e. The van der Waals surface area contributed by atoms with Gasteiger partial charge in [-0.15, -0.1) is 9.24 Å². The van der Waals surface area contributed by atoms with Crippen LogP contribution in [-0.2, 0) is 6.42 Å². The van der Waals surface area contributed by atoms with Crippen molar-refractivity contribution in [2.45, 2.75) is 27.2 Å². The van der Waals surface area contributed by atoms with Crippen LogP contribution in [0.25, 0.3) is 0 Å². The maximum atomic E-state index is 2.80. The van der Waals surface area contributed by atoms with Crippen LogP contribution >= 0.6 is 9.24 Å². The summed E-state index contributed by atoms with van der Waals surface area (Å²) < 4.78 is 0. The van der Waals surface area contributed by atoms with E-state index in [-0.39, 0.29) is 0 Å². The van der Waals surface area contributed by atoms with Crippen molar-refractivity contribution in [3.05, 3.63) is 29.3 Å². The highest BCUT2D eigenvalue weighted by molar-refractivity contribution is 7.27. The normalized spacial score (nSPS) is 10.8. The molecule has 0 radical (unpaired) electrons. The third kappa shape index (κ3) is 2.60. The summed E-state index contributed by atoms with van der Waals surface area (Å²) in [4.78, 5) is 0. The monoisotopic (exact) mass is 180 g/mol. The molecule has 1 aromatic carbocycles. The molecule has 0 nitrogen and oxygen atoms in total. The summed E-state index contributed by atoms with van der Waals surface area (Å²) in [6, 6.07) is 6.62. The third-order valence-electron chi connectivity index (χ3n) is 1.93. The Morgan fingerprint density at radius 2 is 2.00 bits per heavy atom. The molecule has 0 heterocycles. The number of hydrogen-bond donors (Lipinski definition) is 0. The molecule has 0 aromatic heterocycles. The van der Waals surface area contributed by atoms with E-state index in [1.54, 1.807) is 0 Å². The van der Waals surface area contributed by atoms with Gasteiger partial charge in [-0.2, -0.15) is 0 Å². The zero-order valence-electron chi connectivity index (χ0n) is 8.09. The molecule has 0 aliphatic carbocycles. The van der Waals surface area contributed by atoms with Gasteiger partial charge in [0.2, 0.25) is 0 Å². The number of rotatable bonds is 2. The van der Waals surface area contributed by atoms with Gasteiger partial charge in [0.25, 0.3) is 0 Å². The van der Waals surface area contributed by atoms with E-state index in [0.29, 0.717) is 0 Å². The first-order valence-electron chi connectivity index (χ1n) is 4.44. The zero-order chi connectivity index (χ0) is 9.14. The first-order valence-corrected chi connectivity index (χ1v) is 5.02. The molecule has 0 fully saturated rings. The summed E-state index contributed by atoms with van der Waals surface area (Å²) in [6.07, 6.45) is 1.18. The molecule has 1 rings (SSSR count). The van der Waals surface area contributed by atoms with Gasteiger partial charge in [0.15, 0.2) is 0 Å². The van der Waals surface area contributed by atoms with Crippen molar-refractivity contribution in [1.82, 2.24) is 0 Å². The van der Waals surface area contributed by atoms with Crippen molar-refractivity contribution in [1.29, 1.82) is 0 Å². The fourth-order valence-corrected chi connectivity index (χ4v) is 1.65. The minimum absolute atomic E-state index is 0.742. The van der Waals surface area contributed by atoms with Crippen molar-refractivity contribution in [3.63, 3.8) is 0 Å². The molecule has 1 atom stereocenters. The Morgan fingerprint density at radius 3 is 2.58 bits per heavy atom. The number of hydrogen-bond acceptors (Lipinski definition) is 0.